The molecule has 0 nitrogen and oxygen atoms in total. The van der Waals surface area contributed by atoms with E-state index in [1.807, 2.05) is 0 Å². The molecule has 1 aromatic carbocycles. The second-order valence-electron chi connectivity index (χ2n) is 6.23. The molecule has 0 aromatic heterocycles. The third-order valence-corrected chi connectivity index (χ3v) is 5.05. The van der Waals surface area contributed by atoms with Crippen molar-refractivity contribution in [1.82, 2.24) is 0 Å². The van der Waals surface area contributed by atoms with Crippen molar-refractivity contribution in [2.24, 2.45) is 5.41 Å². The van der Waals surface area contributed by atoms with E-state index in [0.29, 0.717) is 0 Å². The van der Waals surface area contributed by atoms with Crippen molar-refractivity contribution < 1.29 is 0 Å². The molecule has 0 fully saturated rings. The Morgan fingerprint density at radius 1 is 0.818 bits per heavy atom. The second kappa shape index (κ2) is 4.20. The lowest BCUT2D eigenvalue weighted by atomic mass is 9.66. The van der Waals surface area contributed by atoms with Crippen LogP contribution in [0.5, 0.6) is 0 Å². The van der Waals surface area contributed by atoms with E-state index in [4.69, 9.17) is 0 Å². The van der Waals surface area contributed by atoms with Gasteiger partial charge >= 0.3 is 0 Å². The van der Waals surface area contributed by atoms with Crippen LogP contribution >= 0.6 is 0 Å². The van der Waals surface area contributed by atoms with Crippen molar-refractivity contribution in [3.63, 3.8) is 0 Å². The minimum absolute atomic E-state index is 0.0827. The van der Waals surface area contributed by atoms with Crippen LogP contribution in [0.4, 0.5) is 0 Å². The first-order valence-electron chi connectivity index (χ1n) is 7.86. The van der Waals surface area contributed by atoms with Gasteiger partial charge in [0.25, 0.3) is 0 Å². The fourth-order valence-electron chi connectivity index (χ4n) is 3.94. The van der Waals surface area contributed by atoms with Crippen molar-refractivity contribution in [2.75, 3.05) is 0 Å². The van der Waals surface area contributed by atoms with E-state index in [-0.39, 0.29) is 5.41 Å². The highest BCUT2D eigenvalue weighted by Crippen LogP contribution is 2.46. The number of fused-ring (bicyclic) bond motifs is 3. The standard InChI is InChI=1S/C22H16/c1-2-10-20-16(6-1)11-12-17-14-19-9-5-8-18-7-3-4-13-22(18,19)15-21(17)20/h1,3-15H,2H2. The number of rotatable bonds is 0. The van der Waals surface area contributed by atoms with Gasteiger partial charge in [-0.25, -0.2) is 0 Å². The normalized spacial score (nSPS) is 25.8. The predicted octanol–water partition coefficient (Wildman–Crippen LogP) is 3.67. The monoisotopic (exact) mass is 280 g/mol. The van der Waals surface area contributed by atoms with Crippen molar-refractivity contribution >= 4 is 24.3 Å². The van der Waals surface area contributed by atoms with Crippen molar-refractivity contribution in [1.29, 1.82) is 0 Å². The lowest BCUT2D eigenvalue weighted by Crippen LogP contribution is -2.38. The third kappa shape index (κ3) is 1.47. The summed E-state index contributed by atoms with van der Waals surface area (Å²) in [5, 5.41) is 2.77. The smallest absolute Gasteiger partial charge is 0.0575 e. The minimum atomic E-state index is -0.0827. The van der Waals surface area contributed by atoms with Crippen LogP contribution in [-0.4, -0.2) is 0 Å². The van der Waals surface area contributed by atoms with E-state index in [0.717, 1.165) is 6.42 Å². The minimum Gasteiger partial charge on any atom is -0.0801 e. The van der Waals surface area contributed by atoms with E-state index in [2.05, 4.69) is 85.0 Å². The molecule has 0 bridgehead atoms. The molecule has 1 unspecified atom stereocenters. The highest BCUT2D eigenvalue weighted by molar-refractivity contribution is 5.78. The summed E-state index contributed by atoms with van der Waals surface area (Å²) in [5.41, 5.74) is 5.31. The lowest BCUT2D eigenvalue weighted by Gasteiger charge is -2.36. The van der Waals surface area contributed by atoms with E-state index in [1.54, 1.807) is 0 Å². The van der Waals surface area contributed by atoms with Crippen LogP contribution in [0.1, 0.15) is 17.5 Å². The fraction of sp³-hybridized carbons (Fsp3) is 0.0909. The Bertz CT molecular complexity index is 987. The molecule has 0 radical (unpaired) electrons. The van der Waals surface area contributed by atoms with Gasteiger partial charge in [0.1, 0.15) is 0 Å². The van der Waals surface area contributed by atoms with Crippen LogP contribution < -0.4 is 10.4 Å². The zero-order valence-electron chi connectivity index (χ0n) is 12.3. The van der Waals surface area contributed by atoms with Gasteiger partial charge in [-0.15, -0.1) is 0 Å². The summed E-state index contributed by atoms with van der Waals surface area (Å²) >= 11 is 0. The zero-order chi connectivity index (χ0) is 14.6. The Morgan fingerprint density at radius 2 is 1.73 bits per heavy atom. The van der Waals surface area contributed by atoms with E-state index < -0.39 is 0 Å². The van der Waals surface area contributed by atoms with Gasteiger partial charge in [-0.05, 0) is 45.2 Å². The Morgan fingerprint density at radius 3 is 2.73 bits per heavy atom. The Hall–Kier alpha value is -2.60. The summed E-state index contributed by atoms with van der Waals surface area (Å²) in [4.78, 5) is 0. The first kappa shape index (κ1) is 12.0. The maximum atomic E-state index is 2.46. The SMILES string of the molecule is C1=CC2=CC=CC3=Cc4ccc5c(c4=CC23C=C1)=CCC=C5. The molecule has 4 aliphatic carbocycles. The summed E-state index contributed by atoms with van der Waals surface area (Å²) in [5.74, 6) is 0. The number of hydrogen-bond acceptors (Lipinski definition) is 0. The maximum absolute atomic E-state index is 2.46. The average Bonchev–Trinajstić information content (AvgIpc) is 2.58. The van der Waals surface area contributed by atoms with Crippen LogP contribution in [0.15, 0.2) is 71.9 Å². The molecule has 1 spiro atoms. The highest BCUT2D eigenvalue weighted by Gasteiger charge is 2.35. The molecule has 104 valence electrons. The Balaban J connectivity index is 1.91. The van der Waals surface area contributed by atoms with E-state index >= 15 is 0 Å². The molecular weight excluding hydrogens is 264 g/mol. The molecule has 0 aliphatic heterocycles. The van der Waals surface area contributed by atoms with Gasteiger partial charge in [0, 0.05) is 0 Å². The summed E-state index contributed by atoms with van der Waals surface area (Å²) in [6.07, 6.45) is 28.2. The topological polar surface area (TPSA) is 0 Å². The zero-order valence-corrected chi connectivity index (χ0v) is 12.3. The quantitative estimate of drug-likeness (QED) is 0.680. The lowest BCUT2D eigenvalue weighted by molar-refractivity contribution is 0.771. The second-order valence-corrected chi connectivity index (χ2v) is 6.23. The highest BCUT2D eigenvalue weighted by atomic mass is 14.4. The molecule has 0 amide bonds. The van der Waals surface area contributed by atoms with Crippen LogP contribution in [0.2, 0.25) is 0 Å². The number of hydrogen-bond donors (Lipinski definition) is 0. The maximum Gasteiger partial charge on any atom is 0.0575 e. The molecule has 4 aliphatic rings. The van der Waals surface area contributed by atoms with Gasteiger partial charge in [0.2, 0.25) is 0 Å². The van der Waals surface area contributed by atoms with Crippen LogP contribution in [0, 0.1) is 5.41 Å². The molecular formula is C22H16. The predicted molar refractivity (Wildman–Crippen MR) is 94.2 cm³/mol. The summed E-state index contributed by atoms with van der Waals surface area (Å²) < 4.78 is 0. The van der Waals surface area contributed by atoms with E-state index in [1.165, 1.54) is 32.7 Å². The molecule has 1 aromatic rings. The first-order chi connectivity index (χ1) is 10.9. The molecule has 0 N–H and O–H groups in total. The van der Waals surface area contributed by atoms with Crippen molar-refractivity contribution in [2.45, 2.75) is 6.42 Å². The summed E-state index contributed by atoms with van der Waals surface area (Å²) in [6, 6.07) is 4.49. The Kier molecular flexibility index (Phi) is 2.29. The van der Waals surface area contributed by atoms with Gasteiger partial charge in [-0.3, -0.25) is 0 Å². The van der Waals surface area contributed by atoms with Gasteiger partial charge < -0.3 is 0 Å². The van der Waals surface area contributed by atoms with Crippen LogP contribution in [-0.2, 0) is 0 Å². The fourth-order valence-corrected chi connectivity index (χ4v) is 3.94. The average molecular weight is 280 g/mol. The Labute approximate surface area is 130 Å². The molecule has 5 rings (SSSR count). The molecule has 0 heteroatoms. The number of allylic oxidation sites excluding steroid dienone is 10. The first-order valence-corrected chi connectivity index (χ1v) is 7.86. The molecule has 0 saturated carbocycles. The van der Waals surface area contributed by atoms with Crippen molar-refractivity contribution in [3.05, 3.63) is 93.5 Å². The molecule has 0 saturated heterocycles. The van der Waals surface area contributed by atoms with Crippen LogP contribution in [0.3, 0.4) is 0 Å². The van der Waals surface area contributed by atoms with Crippen molar-refractivity contribution in [3.8, 4) is 0 Å². The molecule has 22 heavy (non-hydrogen) atoms. The van der Waals surface area contributed by atoms with Gasteiger partial charge in [-0.2, -0.15) is 0 Å². The van der Waals surface area contributed by atoms with Gasteiger partial charge in [-0.1, -0.05) is 79.0 Å². The van der Waals surface area contributed by atoms with Crippen LogP contribution in [0.25, 0.3) is 24.3 Å². The third-order valence-electron chi connectivity index (χ3n) is 5.05. The largest absolute Gasteiger partial charge is 0.0801 e. The molecule has 1 atom stereocenters. The van der Waals surface area contributed by atoms with Gasteiger partial charge in [0.05, 0.1) is 5.41 Å². The summed E-state index contributed by atoms with van der Waals surface area (Å²) in [7, 11) is 0. The number of benzene rings is 1. The van der Waals surface area contributed by atoms with Gasteiger partial charge in [0.15, 0.2) is 0 Å². The summed E-state index contributed by atoms with van der Waals surface area (Å²) in [6.45, 7) is 0. The molecule has 0 heterocycles. The van der Waals surface area contributed by atoms with E-state index in [9.17, 15) is 0 Å².